The molecule has 0 unspecified atom stereocenters. The average molecular weight is 825 g/mol. The Kier molecular flexibility index (Phi) is 10.1. The van der Waals surface area contributed by atoms with Gasteiger partial charge in [-0.25, -0.2) is 0 Å². The molecule has 245 valence electrons. The van der Waals surface area contributed by atoms with Gasteiger partial charge in [-0.05, 0) is 40.0 Å². The Labute approximate surface area is 302 Å². The molecule has 3 heterocycles. The number of rotatable bonds is 6. The molecule has 0 aliphatic heterocycles. The third-order valence-corrected chi connectivity index (χ3v) is 10.4. The van der Waals surface area contributed by atoms with Crippen molar-refractivity contribution in [3.05, 3.63) is 139 Å². The van der Waals surface area contributed by atoms with Crippen molar-refractivity contribution in [1.82, 2.24) is 9.97 Å². The summed E-state index contributed by atoms with van der Waals surface area (Å²) in [6.07, 6.45) is 3.74. The van der Waals surface area contributed by atoms with E-state index < -0.39 is 19.9 Å². The Morgan fingerprint density at radius 1 is 0.708 bits per heavy atom. The molecule has 0 bridgehead atoms. The van der Waals surface area contributed by atoms with E-state index in [1.54, 1.807) is 6.20 Å². The zero-order chi connectivity index (χ0) is 35.0. The van der Waals surface area contributed by atoms with Crippen LogP contribution in [-0.2, 0) is 20.1 Å². The molecular formula is C43H42IrN2OSi-2. The smallest absolute Gasteiger partial charge is 0.128 e. The van der Waals surface area contributed by atoms with Crippen LogP contribution in [0.2, 0.25) is 19.6 Å². The van der Waals surface area contributed by atoms with E-state index in [0.717, 1.165) is 66.7 Å². The first-order valence-corrected chi connectivity index (χ1v) is 19.6. The first-order valence-electron chi connectivity index (χ1n) is 17.1. The first kappa shape index (κ1) is 32.4. The van der Waals surface area contributed by atoms with Crippen LogP contribution in [0, 0.1) is 12.1 Å². The van der Waals surface area contributed by atoms with Gasteiger partial charge in [0, 0.05) is 46.2 Å². The molecule has 4 aromatic carbocycles. The zero-order valence-corrected chi connectivity index (χ0v) is 32.0. The van der Waals surface area contributed by atoms with Gasteiger partial charge in [-0.15, -0.1) is 54.1 Å². The molecule has 48 heavy (non-hydrogen) atoms. The molecule has 1 radical (unpaired) electrons. The third kappa shape index (κ3) is 7.44. The molecule has 3 nitrogen and oxygen atoms in total. The van der Waals surface area contributed by atoms with Crippen molar-refractivity contribution < 1.29 is 27.3 Å². The van der Waals surface area contributed by atoms with Crippen molar-refractivity contribution in [3.63, 3.8) is 0 Å². The second-order valence-corrected chi connectivity index (χ2v) is 18.4. The summed E-state index contributed by atoms with van der Waals surface area (Å²) in [5.74, 6) is -1.30. The predicted molar refractivity (Wildman–Crippen MR) is 201 cm³/mol. The molecular weight excluding hydrogens is 781 g/mol. The van der Waals surface area contributed by atoms with E-state index in [4.69, 9.17) is 7.16 Å². The summed E-state index contributed by atoms with van der Waals surface area (Å²) < 4.78 is 23.2. The Hall–Kier alpha value is -4.15. The second-order valence-electron chi connectivity index (χ2n) is 13.3. The fourth-order valence-corrected chi connectivity index (χ4v) is 7.43. The number of aromatic nitrogens is 2. The number of hydrogen-bond donors (Lipinski definition) is 0. The van der Waals surface area contributed by atoms with E-state index in [2.05, 4.69) is 78.1 Å². The SMILES string of the molecule is [2H]C(C)(C)c1cc(-c2[c-]cccc2)ncc1[Si](C)(C)C.[2H]C(C)(C)c1ccnc(-c2[c-]ccc3c2oc2c(-c4ccccc4)cccc23)c1.[Ir]. The number of pyridine rings is 2. The maximum atomic E-state index is 8.44. The summed E-state index contributed by atoms with van der Waals surface area (Å²) >= 11 is 0. The quantitative estimate of drug-likeness (QED) is 0.124. The summed E-state index contributed by atoms with van der Waals surface area (Å²) in [4.78, 5) is 9.16. The summed E-state index contributed by atoms with van der Waals surface area (Å²) in [5.41, 5.74) is 9.33. The van der Waals surface area contributed by atoms with E-state index in [-0.39, 0.29) is 20.1 Å². The summed E-state index contributed by atoms with van der Waals surface area (Å²) in [5, 5.41) is 3.40. The van der Waals surface area contributed by atoms with Crippen molar-refractivity contribution >= 4 is 35.2 Å². The van der Waals surface area contributed by atoms with Crippen LogP contribution < -0.4 is 5.19 Å². The Bertz CT molecular complexity index is 2230. The summed E-state index contributed by atoms with van der Waals surface area (Å²) in [6.45, 7) is 14.6. The molecule has 0 fully saturated rings. The monoisotopic (exact) mass is 825 g/mol. The molecule has 0 aliphatic carbocycles. The Morgan fingerprint density at radius 2 is 1.46 bits per heavy atom. The Morgan fingerprint density at radius 3 is 2.15 bits per heavy atom. The Balaban J connectivity index is 0.000000204. The van der Waals surface area contributed by atoms with Crippen LogP contribution in [0.5, 0.6) is 0 Å². The van der Waals surface area contributed by atoms with E-state index in [0.29, 0.717) is 0 Å². The summed E-state index contributed by atoms with van der Waals surface area (Å²) in [6, 6.07) is 40.8. The van der Waals surface area contributed by atoms with Crippen LogP contribution >= 0.6 is 0 Å². The molecule has 0 amide bonds. The minimum atomic E-state index is -1.50. The van der Waals surface area contributed by atoms with E-state index in [1.807, 2.05) is 101 Å². The molecule has 0 saturated carbocycles. The fourth-order valence-electron chi connectivity index (χ4n) is 5.84. The molecule has 0 aliphatic rings. The van der Waals surface area contributed by atoms with Gasteiger partial charge in [0.25, 0.3) is 0 Å². The van der Waals surface area contributed by atoms with Crippen LogP contribution in [0.15, 0.2) is 120 Å². The number of benzene rings is 4. The first-order chi connectivity index (χ1) is 23.2. The maximum absolute atomic E-state index is 8.44. The number of fused-ring (bicyclic) bond motifs is 3. The van der Waals surface area contributed by atoms with Crippen molar-refractivity contribution in [2.75, 3.05) is 0 Å². The number of furan rings is 1. The van der Waals surface area contributed by atoms with Gasteiger partial charge >= 0.3 is 0 Å². The van der Waals surface area contributed by atoms with Crippen molar-refractivity contribution in [2.45, 2.75) is 59.1 Å². The standard InChI is InChI=1S/C26H20NO.C17H22NSi.Ir/c1-17(2)19-14-15-27-24(16-19)23-13-7-12-22-21-11-6-10-20(25(21)28-26(22)23)18-8-4-3-5-9-18;1-13(2)15-11-16(14-9-7-6-8-10-14)18-12-17(15)19(3,4)5;/h3-12,14-17H,1-2H3;6-9,11-13H,1-5H3;/q2*-1;/i17D;13D;. The van der Waals surface area contributed by atoms with Crippen LogP contribution in [0.1, 0.15) is 53.4 Å². The van der Waals surface area contributed by atoms with E-state index in [1.165, 1.54) is 5.19 Å². The van der Waals surface area contributed by atoms with Gasteiger partial charge in [-0.2, -0.15) is 0 Å². The normalized spacial score (nSPS) is 12.5. The summed E-state index contributed by atoms with van der Waals surface area (Å²) in [7, 11) is -1.50. The van der Waals surface area contributed by atoms with Crippen molar-refractivity contribution in [1.29, 1.82) is 0 Å². The average Bonchev–Trinajstić information content (AvgIpc) is 3.47. The zero-order valence-electron chi connectivity index (χ0n) is 30.6. The molecule has 3 aromatic heterocycles. The second kappa shape index (κ2) is 14.9. The van der Waals surface area contributed by atoms with E-state index in [9.17, 15) is 0 Å². The topological polar surface area (TPSA) is 38.9 Å². The van der Waals surface area contributed by atoms with Gasteiger partial charge in [0.2, 0.25) is 0 Å². The predicted octanol–water partition coefficient (Wildman–Crippen LogP) is 11.5. The minimum absolute atomic E-state index is 0. The van der Waals surface area contributed by atoms with Gasteiger partial charge in [-0.1, -0.05) is 130 Å². The van der Waals surface area contributed by atoms with Crippen molar-refractivity contribution in [3.8, 4) is 33.6 Å². The molecule has 0 saturated heterocycles. The van der Waals surface area contributed by atoms with Gasteiger partial charge in [-0.3, -0.25) is 0 Å². The third-order valence-electron chi connectivity index (χ3n) is 8.37. The molecule has 7 rings (SSSR count). The van der Waals surface area contributed by atoms with Crippen LogP contribution in [-0.4, -0.2) is 18.0 Å². The fraction of sp³-hybridized carbons (Fsp3) is 0.209. The number of para-hydroxylation sites is 1. The largest absolute Gasteiger partial charge is 0.500 e. The molecule has 0 atom stereocenters. The van der Waals surface area contributed by atoms with E-state index >= 15 is 0 Å². The molecule has 7 aromatic rings. The number of hydrogen-bond acceptors (Lipinski definition) is 3. The molecule has 0 spiro atoms. The van der Waals surface area contributed by atoms with Crippen molar-refractivity contribution in [2.24, 2.45) is 0 Å². The number of nitrogens with zero attached hydrogens (tertiary/aromatic N) is 2. The maximum Gasteiger partial charge on any atom is 0.128 e. The van der Waals surface area contributed by atoms with Gasteiger partial charge in [0.1, 0.15) is 5.58 Å². The molecule has 0 N–H and O–H groups in total. The van der Waals surface area contributed by atoms with Crippen LogP contribution in [0.4, 0.5) is 0 Å². The minimum Gasteiger partial charge on any atom is -0.500 e. The van der Waals surface area contributed by atoms with Gasteiger partial charge < -0.3 is 14.4 Å². The van der Waals surface area contributed by atoms with Crippen LogP contribution in [0.3, 0.4) is 0 Å². The van der Waals surface area contributed by atoms with Crippen LogP contribution in [0.25, 0.3) is 55.6 Å². The van der Waals surface area contributed by atoms with Gasteiger partial charge in [0.05, 0.1) is 13.7 Å². The molecule has 5 heteroatoms. The van der Waals surface area contributed by atoms with Gasteiger partial charge in [0.15, 0.2) is 0 Å².